The molecule has 3 nitrogen and oxygen atoms in total. The van der Waals surface area contributed by atoms with E-state index in [0.29, 0.717) is 0 Å². The van der Waals surface area contributed by atoms with Crippen LogP contribution in [0, 0.1) is 0 Å². The van der Waals surface area contributed by atoms with Crippen molar-refractivity contribution in [2.75, 3.05) is 12.8 Å². The van der Waals surface area contributed by atoms with Gasteiger partial charge in [-0.25, -0.2) is 4.98 Å². The Hall–Kier alpha value is -2.07. The van der Waals surface area contributed by atoms with E-state index in [4.69, 9.17) is 10.5 Å². The highest BCUT2D eigenvalue weighted by Crippen LogP contribution is 2.31. The first-order valence-electron chi connectivity index (χ1n) is 5.57. The van der Waals surface area contributed by atoms with E-state index in [1.54, 1.807) is 18.4 Å². The maximum atomic E-state index is 5.77. The van der Waals surface area contributed by atoms with Crippen LogP contribution in [0.5, 0.6) is 5.75 Å². The SMILES string of the molecule is COc1ccc(-c2nc3ccc(N)cc3s2)cc1. The van der Waals surface area contributed by atoms with Crippen molar-refractivity contribution in [3.8, 4) is 16.3 Å². The Morgan fingerprint density at radius 3 is 2.61 bits per heavy atom. The molecule has 0 saturated heterocycles. The fraction of sp³-hybridized carbons (Fsp3) is 0.0714. The summed E-state index contributed by atoms with van der Waals surface area (Å²) in [5.41, 5.74) is 8.62. The molecule has 0 radical (unpaired) electrons. The number of nitrogens with two attached hydrogens (primary N) is 1. The van der Waals surface area contributed by atoms with Crippen LogP contribution >= 0.6 is 11.3 Å². The number of methoxy groups -OCH3 is 1. The first-order valence-corrected chi connectivity index (χ1v) is 6.38. The zero-order valence-corrected chi connectivity index (χ0v) is 10.7. The highest BCUT2D eigenvalue weighted by molar-refractivity contribution is 7.21. The summed E-state index contributed by atoms with van der Waals surface area (Å²) in [5, 5.41) is 0.998. The molecule has 3 aromatic rings. The van der Waals surface area contributed by atoms with Gasteiger partial charge in [0.25, 0.3) is 0 Å². The molecule has 0 bridgehead atoms. The highest BCUT2D eigenvalue weighted by Gasteiger charge is 2.06. The lowest BCUT2D eigenvalue weighted by Gasteiger charge is -1.99. The molecule has 0 amide bonds. The smallest absolute Gasteiger partial charge is 0.124 e. The molecule has 90 valence electrons. The number of rotatable bonds is 2. The topological polar surface area (TPSA) is 48.1 Å². The molecule has 0 spiro atoms. The molecule has 1 heterocycles. The Bertz CT molecular complexity index is 689. The zero-order chi connectivity index (χ0) is 12.5. The summed E-state index contributed by atoms with van der Waals surface area (Å²) >= 11 is 1.65. The maximum absolute atomic E-state index is 5.77. The third-order valence-corrected chi connectivity index (χ3v) is 3.82. The van der Waals surface area contributed by atoms with Gasteiger partial charge < -0.3 is 10.5 Å². The summed E-state index contributed by atoms with van der Waals surface area (Å²) in [5.74, 6) is 0.851. The number of benzene rings is 2. The third-order valence-electron chi connectivity index (χ3n) is 2.75. The number of anilines is 1. The monoisotopic (exact) mass is 256 g/mol. The first-order chi connectivity index (χ1) is 8.76. The molecular formula is C14H12N2OS. The van der Waals surface area contributed by atoms with E-state index < -0.39 is 0 Å². The van der Waals surface area contributed by atoms with Gasteiger partial charge in [-0.15, -0.1) is 11.3 Å². The number of ether oxygens (including phenoxy) is 1. The molecule has 2 aromatic carbocycles. The minimum atomic E-state index is 0.771. The molecule has 3 rings (SSSR count). The van der Waals surface area contributed by atoms with Gasteiger partial charge in [0, 0.05) is 11.3 Å². The summed E-state index contributed by atoms with van der Waals surface area (Å²) < 4.78 is 6.26. The normalized spacial score (nSPS) is 10.7. The Kier molecular flexibility index (Phi) is 2.64. The maximum Gasteiger partial charge on any atom is 0.124 e. The molecule has 0 fully saturated rings. The van der Waals surface area contributed by atoms with Crippen LogP contribution in [0.25, 0.3) is 20.8 Å². The van der Waals surface area contributed by atoms with Gasteiger partial charge in [-0.05, 0) is 42.5 Å². The average Bonchev–Trinajstić information content (AvgIpc) is 2.81. The lowest BCUT2D eigenvalue weighted by Crippen LogP contribution is -1.82. The van der Waals surface area contributed by atoms with Crippen LogP contribution in [0.4, 0.5) is 5.69 Å². The van der Waals surface area contributed by atoms with E-state index in [9.17, 15) is 0 Å². The number of thiazole rings is 1. The highest BCUT2D eigenvalue weighted by atomic mass is 32.1. The van der Waals surface area contributed by atoms with E-state index in [1.165, 1.54) is 0 Å². The fourth-order valence-electron chi connectivity index (χ4n) is 1.80. The van der Waals surface area contributed by atoms with E-state index in [-0.39, 0.29) is 0 Å². The summed E-state index contributed by atoms with van der Waals surface area (Å²) in [6, 6.07) is 13.7. The number of nitrogen functional groups attached to an aromatic ring is 1. The summed E-state index contributed by atoms with van der Waals surface area (Å²) in [6.07, 6.45) is 0. The molecule has 4 heteroatoms. The zero-order valence-electron chi connectivity index (χ0n) is 9.88. The number of hydrogen-bond donors (Lipinski definition) is 1. The molecule has 0 saturated carbocycles. The number of nitrogens with zero attached hydrogens (tertiary/aromatic N) is 1. The van der Waals surface area contributed by atoms with Crippen LogP contribution in [0.2, 0.25) is 0 Å². The average molecular weight is 256 g/mol. The van der Waals surface area contributed by atoms with E-state index in [1.807, 2.05) is 42.5 Å². The number of hydrogen-bond acceptors (Lipinski definition) is 4. The lowest BCUT2D eigenvalue weighted by molar-refractivity contribution is 0.415. The molecule has 2 N–H and O–H groups in total. The first kappa shape index (κ1) is 11.0. The molecule has 18 heavy (non-hydrogen) atoms. The van der Waals surface area contributed by atoms with Crippen LogP contribution < -0.4 is 10.5 Å². The molecular weight excluding hydrogens is 244 g/mol. The van der Waals surface area contributed by atoms with Crippen LogP contribution in [0.15, 0.2) is 42.5 Å². The van der Waals surface area contributed by atoms with Gasteiger partial charge in [-0.2, -0.15) is 0 Å². The quantitative estimate of drug-likeness (QED) is 0.713. The van der Waals surface area contributed by atoms with E-state index in [2.05, 4.69) is 4.98 Å². The van der Waals surface area contributed by atoms with Crippen molar-refractivity contribution >= 4 is 27.2 Å². The number of fused-ring (bicyclic) bond motifs is 1. The summed E-state index contributed by atoms with van der Waals surface area (Å²) in [4.78, 5) is 4.60. The summed E-state index contributed by atoms with van der Waals surface area (Å²) in [7, 11) is 1.66. The standard InChI is InChI=1S/C14H12N2OS/c1-17-11-5-2-9(3-6-11)14-16-12-7-4-10(15)8-13(12)18-14/h2-8H,15H2,1H3. The van der Waals surface area contributed by atoms with E-state index in [0.717, 1.165) is 32.2 Å². The van der Waals surface area contributed by atoms with Crippen molar-refractivity contribution in [2.24, 2.45) is 0 Å². The Balaban J connectivity index is 2.07. The Morgan fingerprint density at radius 1 is 1.11 bits per heavy atom. The minimum absolute atomic E-state index is 0.771. The van der Waals surface area contributed by atoms with Crippen molar-refractivity contribution < 1.29 is 4.74 Å². The molecule has 0 aliphatic carbocycles. The van der Waals surface area contributed by atoms with Crippen molar-refractivity contribution in [1.82, 2.24) is 4.98 Å². The van der Waals surface area contributed by atoms with Gasteiger partial charge in [-0.3, -0.25) is 0 Å². The van der Waals surface area contributed by atoms with Crippen molar-refractivity contribution in [2.45, 2.75) is 0 Å². The van der Waals surface area contributed by atoms with Gasteiger partial charge in [0.1, 0.15) is 10.8 Å². The minimum Gasteiger partial charge on any atom is -0.497 e. The number of aromatic nitrogens is 1. The lowest BCUT2D eigenvalue weighted by atomic mass is 10.2. The molecule has 0 aliphatic heterocycles. The van der Waals surface area contributed by atoms with Gasteiger partial charge in [0.15, 0.2) is 0 Å². The van der Waals surface area contributed by atoms with Gasteiger partial charge in [-0.1, -0.05) is 0 Å². The Labute approximate surface area is 109 Å². The second-order valence-corrected chi connectivity index (χ2v) is 5.01. The molecule has 0 aliphatic rings. The van der Waals surface area contributed by atoms with Gasteiger partial charge in [0.2, 0.25) is 0 Å². The molecule has 1 aromatic heterocycles. The predicted molar refractivity (Wildman–Crippen MR) is 76.0 cm³/mol. The van der Waals surface area contributed by atoms with Gasteiger partial charge in [0.05, 0.1) is 17.3 Å². The van der Waals surface area contributed by atoms with Crippen LogP contribution in [0.3, 0.4) is 0 Å². The predicted octanol–water partition coefficient (Wildman–Crippen LogP) is 3.55. The van der Waals surface area contributed by atoms with Crippen molar-refractivity contribution in [3.63, 3.8) is 0 Å². The van der Waals surface area contributed by atoms with Crippen molar-refractivity contribution in [3.05, 3.63) is 42.5 Å². The summed E-state index contributed by atoms with van der Waals surface area (Å²) in [6.45, 7) is 0. The van der Waals surface area contributed by atoms with E-state index >= 15 is 0 Å². The fourth-order valence-corrected chi connectivity index (χ4v) is 2.82. The van der Waals surface area contributed by atoms with Gasteiger partial charge >= 0.3 is 0 Å². The second kappa shape index (κ2) is 4.31. The van der Waals surface area contributed by atoms with Crippen LogP contribution in [0.1, 0.15) is 0 Å². The third kappa shape index (κ3) is 1.91. The molecule has 0 unspecified atom stereocenters. The van der Waals surface area contributed by atoms with Crippen LogP contribution in [-0.4, -0.2) is 12.1 Å². The Morgan fingerprint density at radius 2 is 1.89 bits per heavy atom. The second-order valence-electron chi connectivity index (χ2n) is 3.97. The van der Waals surface area contributed by atoms with Crippen LogP contribution in [-0.2, 0) is 0 Å². The largest absolute Gasteiger partial charge is 0.497 e. The van der Waals surface area contributed by atoms with Crippen molar-refractivity contribution in [1.29, 1.82) is 0 Å². The molecule has 0 atom stereocenters.